The van der Waals surface area contributed by atoms with Gasteiger partial charge in [0.05, 0.1) is 22.3 Å². The van der Waals surface area contributed by atoms with Gasteiger partial charge in [0.15, 0.2) is 0 Å². The van der Waals surface area contributed by atoms with Crippen molar-refractivity contribution in [2.45, 2.75) is 32.2 Å². The fourth-order valence-electron chi connectivity index (χ4n) is 3.64. The number of anilines is 1. The number of carbonyl (C=O) groups is 1. The lowest BCUT2D eigenvalue weighted by Gasteiger charge is -2.14. The number of hydrogen-bond acceptors (Lipinski definition) is 5. The smallest absolute Gasteiger partial charge is 0.277 e. The molecule has 8 heteroatoms. The number of hydrazine groups is 1. The highest BCUT2D eigenvalue weighted by atomic mass is 16.2. The molecule has 0 saturated heterocycles. The number of carbonyl (C=O) groups excluding carboxylic acids is 1. The van der Waals surface area contributed by atoms with Crippen molar-refractivity contribution in [3.63, 3.8) is 0 Å². The van der Waals surface area contributed by atoms with Crippen LogP contribution in [0.4, 0.5) is 5.95 Å². The summed E-state index contributed by atoms with van der Waals surface area (Å²) in [4.78, 5) is 30.4. The molecule has 1 aliphatic rings. The largest absolute Gasteiger partial charge is 0.288 e. The Kier molecular flexibility index (Phi) is 4.74. The summed E-state index contributed by atoms with van der Waals surface area (Å²) >= 11 is 0. The third kappa shape index (κ3) is 3.56. The Morgan fingerprint density at radius 3 is 2.58 bits per heavy atom. The maximum Gasteiger partial charge on any atom is 0.288 e. The quantitative estimate of drug-likeness (QED) is 0.473. The zero-order valence-corrected chi connectivity index (χ0v) is 17.1. The van der Waals surface area contributed by atoms with E-state index in [1.807, 2.05) is 55.5 Å². The molecule has 2 aromatic heterocycles. The van der Waals surface area contributed by atoms with Crippen LogP contribution < -0.4 is 16.4 Å². The van der Waals surface area contributed by atoms with Crippen molar-refractivity contribution in [3.8, 4) is 5.69 Å². The predicted molar refractivity (Wildman–Crippen MR) is 118 cm³/mol. The van der Waals surface area contributed by atoms with Gasteiger partial charge >= 0.3 is 0 Å². The molecular formula is C23H22N6O2. The average molecular weight is 414 g/mol. The summed E-state index contributed by atoms with van der Waals surface area (Å²) in [6.45, 7) is 2.28. The van der Waals surface area contributed by atoms with Crippen LogP contribution in [-0.4, -0.2) is 25.2 Å². The van der Waals surface area contributed by atoms with Crippen LogP contribution in [-0.2, 0) is 6.54 Å². The second kappa shape index (κ2) is 7.71. The molecule has 2 aromatic carbocycles. The second-order valence-corrected chi connectivity index (χ2v) is 7.56. The van der Waals surface area contributed by atoms with Crippen LogP contribution in [0.3, 0.4) is 0 Å². The molecule has 5 rings (SSSR count). The predicted octanol–water partition coefficient (Wildman–Crippen LogP) is 3.24. The van der Waals surface area contributed by atoms with Gasteiger partial charge in [0.2, 0.25) is 5.95 Å². The molecule has 0 atom stereocenters. The molecule has 156 valence electrons. The SMILES string of the molecule is CCn1c(NNC(=O)c2cc(C3CC3)nn2-c2ccccc2)nc2ccccc2c1=O. The van der Waals surface area contributed by atoms with E-state index in [4.69, 9.17) is 0 Å². The molecule has 1 saturated carbocycles. The summed E-state index contributed by atoms with van der Waals surface area (Å²) in [5.74, 6) is 0.345. The number of para-hydroxylation sites is 2. The number of hydrogen-bond donors (Lipinski definition) is 2. The highest BCUT2D eigenvalue weighted by Gasteiger charge is 2.29. The van der Waals surface area contributed by atoms with Gasteiger partial charge in [0.25, 0.3) is 11.5 Å². The Bertz CT molecular complexity index is 1320. The summed E-state index contributed by atoms with van der Waals surface area (Å²) in [6.07, 6.45) is 2.18. The normalized spacial score (nSPS) is 13.3. The first-order valence-electron chi connectivity index (χ1n) is 10.4. The van der Waals surface area contributed by atoms with Crippen molar-refractivity contribution in [2.24, 2.45) is 0 Å². The van der Waals surface area contributed by atoms with Gasteiger partial charge in [-0.25, -0.2) is 9.67 Å². The van der Waals surface area contributed by atoms with Crippen molar-refractivity contribution in [1.29, 1.82) is 0 Å². The van der Waals surface area contributed by atoms with Crippen molar-refractivity contribution in [3.05, 3.63) is 82.4 Å². The zero-order chi connectivity index (χ0) is 21.4. The highest BCUT2D eigenvalue weighted by Crippen LogP contribution is 2.39. The Morgan fingerprint density at radius 1 is 1.10 bits per heavy atom. The van der Waals surface area contributed by atoms with Crippen LogP contribution in [0.25, 0.3) is 16.6 Å². The maximum absolute atomic E-state index is 13.1. The van der Waals surface area contributed by atoms with Crippen molar-refractivity contribution in [1.82, 2.24) is 24.8 Å². The zero-order valence-electron chi connectivity index (χ0n) is 17.1. The van der Waals surface area contributed by atoms with Gasteiger partial charge in [-0.3, -0.25) is 25.0 Å². The van der Waals surface area contributed by atoms with E-state index in [1.165, 1.54) is 4.57 Å². The minimum absolute atomic E-state index is 0.157. The summed E-state index contributed by atoms with van der Waals surface area (Å²) in [5.41, 5.74) is 8.10. The minimum atomic E-state index is -0.353. The molecule has 1 amide bonds. The van der Waals surface area contributed by atoms with Crippen LogP contribution in [0.5, 0.6) is 0 Å². The number of amides is 1. The highest BCUT2D eigenvalue weighted by molar-refractivity contribution is 5.94. The van der Waals surface area contributed by atoms with E-state index >= 15 is 0 Å². The summed E-state index contributed by atoms with van der Waals surface area (Å²) in [6, 6.07) is 18.6. The Balaban J connectivity index is 1.46. The molecule has 31 heavy (non-hydrogen) atoms. The first-order valence-corrected chi connectivity index (χ1v) is 10.4. The lowest BCUT2D eigenvalue weighted by molar-refractivity contribution is 0.0954. The molecule has 2 N–H and O–H groups in total. The molecule has 4 aromatic rings. The molecule has 2 heterocycles. The first kappa shape index (κ1) is 19.0. The fourth-order valence-corrected chi connectivity index (χ4v) is 3.64. The fraction of sp³-hybridized carbons (Fsp3) is 0.217. The second-order valence-electron chi connectivity index (χ2n) is 7.56. The molecule has 8 nitrogen and oxygen atoms in total. The molecule has 0 spiro atoms. The first-order chi connectivity index (χ1) is 15.2. The van der Waals surface area contributed by atoms with Gasteiger partial charge in [0, 0.05) is 12.5 Å². The van der Waals surface area contributed by atoms with Crippen LogP contribution in [0.2, 0.25) is 0 Å². The number of rotatable bonds is 6. The summed E-state index contributed by atoms with van der Waals surface area (Å²) in [7, 11) is 0. The molecule has 0 aliphatic heterocycles. The van der Waals surface area contributed by atoms with Gasteiger partial charge in [-0.05, 0) is 50.1 Å². The van der Waals surface area contributed by atoms with Gasteiger partial charge in [0.1, 0.15) is 5.69 Å². The van der Waals surface area contributed by atoms with Crippen LogP contribution in [0, 0.1) is 0 Å². The van der Waals surface area contributed by atoms with E-state index in [2.05, 4.69) is 20.9 Å². The van der Waals surface area contributed by atoms with E-state index in [9.17, 15) is 9.59 Å². The van der Waals surface area contributed by atoms with Gasteiger partial charge in [-0.1, -0.05) is 30.3 Å². The van der Waals surface area contributed by atoms with Crippen LogP contribution >= 0.6 is 0 Å². The number of nitrogens with one attached hydrogen (secondary N) is 2. The lowest BCUT2D eigenvalue weighted by Crippen LogP contribution is -2.35. The number of benzene rings is 2. The maximum atomic E-state index is 13.1. The monoisotopic (exact) mass is 414 g/mol. The number of fused-ring (bicyclic) bond motifs is 1. The molecule has 1 aliphatic carbocycles. The molecule has 0 radical (unpaired) electrons. The summed E-state index contributed by atoms with van der Waals surface area (Å²) < 4.78 is 3.15. The Labute approximate surface area is 178 Å². The van der Waals surface area contributed by atoms with E-state index in [1.54, 1.807) is 16.8 Å². The molecule has 0 bridgehead atoms. The molecular weight excluding hydrogens is 392 g/mol. The van der Waals surface area contributed by atoms with Gasteiger partial charge in [-0.15, -0.1) is 0 Å². The number of aromatic nitrogens is 4. The average Bonchev–Trinajstić information content (AvgIpc) is 3.56. The van der Waals surface area contributed by atoms with Crippen molar-refractivity contribution < 1.29 is 4.79 Å². The van der Waals surface area contributed by atoms with Gasteiger partial charge < -0.3 is 0 Å². The third-order valence-electron chi connectivity index (χ3n) is 5.42. The topological polar surface area (TPSA) is 93.8 Å². The van der Waals surface area contributed by atoms with E-state index in [0.717, 1.165) is 24.2 Å². The Hall–Kier alpha value is -3.94. The lowest BCUT2D eigenvalue weighted by atomic mass is 10.2. The standard InChI is InChI=1S/C23H22N6O2/c1-2-28-22(31)17-10-6-7-11-18(17)24-23(28)26-25-21(30)20-14-19(15-12-13-15)27-29(20)16-8-4-3-5-9-16/h3-11,14-15H,2,12-13H2,1H3,(H,24,26)(H,25,30). The molecule has 1 fully saturated rings. The van der Waals surface area contributed by atoms with Crippen LogP contribution in [0.1, 0.15) is 41.9 Å². The van der Waals surface area contributed by atoms with E-state index in [-0.39, 0.29) is 17.4 Å². The third-order valence-corrected chi connectivity index (χ3v) is 5.42. The molecule has 0 unspecified atom stereocenters. The van der Waals surface area contributed by atoms with Gasteiger partial charge in [-0.2, -0.15) is 5.10 Å². The minimum Gasteiger partial charge on any atom is -0.277 e. The van der Waals surface area contributed by atoms with E-state index in [0.29, 0.717) is 29.1 Å². The van der Waals surface area contributed by atoms with Crippen LogP contribution in [0.15, 0.2) is 65.5 Å². The van der Waals surface area contributed by atoms with E-state index < -0.39 is 0 Å². The van der Waals surface area contributed by atoms with Crippen molar-refractivity contribution in [2.75, 3.05) is 5.43 Å². The summed E-state index contributed by atoms with van der Waals surface area (Å²) in [5, 5.41) is 5.20. The van der Waals surface area contributed by atoms with Crippen molar-refractivity contribution >= 4 is 22.8 Å². The Morgan fingerprint density at radius 2 is 1.84 bits per heavy atom. The number of nitrogens with zero attached hydrogens (tertiary/aromatic N) is 4.